The molecule has 2 nitrogen and oxygen atoms in total. The van der Waals surface area contributed by atoms with E-state index in [4.69, 9.17) is 0 Å². The van der Waals surface area contributed by atoms with Crippen LogP contribution >= 0.6 is 12.4 Å². The molecule has 0 spiro atoms. The molecule has 0 radical (unpaired) electrons. The first-order chi connectivity index (χ1) is 9.86. The van der Waals surface area contributed by atoms with Crippen molar-refractivity contribution in [2.75, 3.05) is 13.1 Å². The molecule has 1 fully saturated rings. The lowest BCUT2D eigenvalue weighted by Crippen LogP contribution is -2.32. The molecular formula is C18H20ClNO. The number of halogens is 1. The van der Waals surface area contributed by atoms with E-state index in [1.165, 1.54) is 12.8 Å². The fourth-order valence-electron chi connectivity index (χ4n) is 2.92. The van der Waals surface area contributed by atoms with Crippen molar-refractivity contribution >= 4 is 18.2 Å². The average molecular weight is 302 g/mol. The van der Waals surface area contributed by atoms with Crippen LogP contribution in [0.1, 0.15) is 34.8 Å². The molecule has 0 aliphatic carbocycles. The first kappa shape index (κ1) is 15.7. The van der Waals surface area contributed by atoms with Gasteiger partial charge in [0.15, 0.2) is 5.78 Å². The van der Waals surface area contributed by atoms with Crippen LogP contribution in [-0.2, 0) is 0 Å². The zero-order valence-corrected chi connectivity index (χ0v) is 12.8. The molecule has 0 amide bonds. The monoisotopic (exact) mass is 301 g/mol. The number of carbonyl (C=O) groups excluding carboxylic acids is 1. The Morgan fingerprint density at radius 1 is 0.857 bits per heavy atom. The molecule has 1 saturated heterocycles. The van der Waals surface area contributed by atoms with E-state index < -0.39 is 0 Å². The van der Waals surface area contributed by atoms with Crippen LogP contribution in [0, 0.1) is 0 Å². The van der Waals surface area contributed by atoms with E-state index in [1.807, 2.05) is 48.5 Å². The van der Waals surface area contributed by atoms with Crippen LogP contribution in [-0.4, -0.2) is 23.8 Å². The Morgan fingerprint density at radius 2 is 1.38 bits per heavy atom. The van der Waals surface area contributed by atoms with Gasteiger partial charge < -0.3 is 0 Å². The number of carbonyl (C=O) groups is 1. The Hall–Kier alpha value is -1.64. The van der Waals surface area contributed by atoms with Gasteiger partial charge in [0, 0.05) is 5.56 Å². The highest BCUT2D eigenvalue weighted by Gasteiger charge is 2.29. The van der Waals surface area contributed by atoms with Gasteiger partial charge >= 0.3 is 0 Å². The minimum atomic E-state index is -0.138. The van der Waals surface area contributed by atoms with Crippen LogP contribution in [0.5, 0.6) is 0 Å². The van der Waals surface area contributed by atoms with Crippen molar-refractivity contribution in [2.45, 2.75) is 18.9 Å². The first-order valence-corrected chi connectivity index (χ1v) is 7.24. The van der Waals surface area contributed by atoms with E-state index in [2.05, 4.69) is 17.0 Å². The van der Waals surface area contributed by atoms with Gasteiger partial charge in [-0.1, -0.05) is 60.7 Å². The van der Waals surface area contributed by atoms with Gasteiger partial charge in [0.05, 0.1) is 6.04 Å². The van der Waals surface area contributed by atoms with Crippen molar-refractivity contribution < 1.29 is 4.79 Å². The van der Waals surface area contributed by atoms with E-state index in [0.717, 1.165) is 24.2 Å². The Kier molecular flexibility index (Phi) is 5.54. The average Bonchev–Trinajstić information content (AvgIpc) is 3.03. The summed E-state index contributed by atoms with van der Waals surface area (Å²) in [5.41, 5.74) is 1.90. The molecule has 110 valence electrons. The summed E-state index contributed by atoms with van der Waals surface area (Å²) in [6.07, 6.45) is 2.37. The highest BCUT2D eigenvalue weighted by Crippen LogP contribution is 2.28. The zero-order chi connectivity index (χ0) is 13.8. The van der Waals surface area contributed by atoms with Crippen molar-refractivity contribution in [3.05, 3.63) is 71.8 Å². The van der Waals surface area contributed by atoms with Crippen LogP contribution in [0.15, 0.2) is 60.7 Å². The molecule has 1 aliphatic rings. The van der Waals surface area contributed by atoms with Crippen LogP contribution in [0.25, 0.3) is 0 Å². The van der Waals surface area contributed by atoms with Gasteiger partial charge in [-0.25, -0.2) is 0 Å². The molecule has 0 N–H and O–H groups in total. The van der Waals surface area contributed by atoms with Crippen LogP contribution in [0.3, 0.4) is 0 Å². The maximum absolute atomic E-state index is 12.9. The van der Waals surface area contributed by atoms with Gasteiger partial charge in [0.25, 0.3) is 0 Å². The van der Waals surface area contributed by atoms with E-state index in [0.29, 0.717) is 0 Å². The van der Waals surface area contributed by atoms with Crippen molar-refractivity contribution in [1.29, 1.82) is 0 Å². The lowest BCUT2D eigenvalue weighted by molar-refractivity contribution is 0.0848. The Labute approximate surface area is 132 Å². The van der Waals surface area contributed by atoms with Crippen molar-refractivity contribution in [2.24, 2.45) is 0 Å². The standard InChI is InChI=1S/C18H19NO.ClH/c20-18(16-11-5-2-6-12-16)17(19-13-7-8-14-19)15-9-3-1-4-10-15;/h1-6,9-12,17H,7-8,13-14H2;1H. The lowest BCUT2D eigenvalue weighted by atomic mass is 9.96. The van der Waals surface area contributed by atoms with Crippen LogP contribution in [0.2, 0.25) is 0 Å². The number of nitrogens with zero attached hydrogens (tertiary/aromatic N) is 1. The second-order valence-electron chi connectivity index (χ2n) is 5.29. The molecule has 3 rings (SSSR count). The number of hydrogen-bond acceptors (Lipinski definition) is 2. The normalized spacial score (nSPS) is 16.2. The van der Waals surface area contributed by atoms with Crippen molar-refractivity contribution in [3.63, 3.8) is 0 Å². The maximum atomic E-state index is 12.9. The van der Waals surface area contributed by atoms with Crippen LogP contribution in [0.4, 0.5) is 0 Å². The van der Waals surface area contributed by atoms with E-state index in [9.17, 15) is 4.79 Å². The fourth-order valence-corrected chi connectivity index (χ4v) is 2.92. The molecule has 0 saturated carbocycles. The third-order valence-corrected chi connectivity index (χ3v) is 3.93. The predicted molar refractivity (Wildman–Crippen MR) is 88.0 cm³/mol. The van der Waals surface area contributed by atoms with Crippen molar-refractivity contribution in [1.82, 2.24) is 4.90 Å². The summed E-state index contributed by atoms with van der Waals surface area (Å²) in [6.45, 7) is 2.02. The molecule has 1 heterocycles. The number of likely N-dealkylation sites (tertiary alicyclic amines) is 1. The lowest BCUT2D eigenvalue weighted by Gasteiger charge is -2.26. The molecule has 0 bridgehead atoms. The third-order valence-electron chi connectivity index (χ3n) is 3.93. The first-order valence-electron chi connectivity index (χ1n) is 7.24. The summed E-state index contributed by atoms with van der Waals surface area (Å²) in [4.78, 5) is 15.2. The number of Topliss-reactive ketones (excluding diaryl/α,β-unsaturated/α-hetero) is 1. The number of hydrogen-bond donors (Lipinski definition) is 0. The largest absolute Gasteiger partial charge is 0.292 e. The minimum absolute atomic E-state index is 0. The second-order valence-corrected chi connectivity index (χ2v) is 5.29. The van der Waals surface area contributed by atoms with Gasteiger partial charge in [0.1, 0.15) is 0 Å². The van der Waals surface area contributed by atoms with Gasteiger partial charge in [0.2, 0.25) is 0 Å². The summed E-state index contributed by atoms with van der Waals surface area (Å²) in [5.74, 6) is 0.207. The third kappa shape index (κ3) is 3.52. The van der Waals surface area contributed by atoms with Crippen molar-refractivity contribution in [3.8, 4) is 0 Å². The van der Waals surface area contributed by atoms with Gasteiger partial charge in [-0.2, -0.15) is 0 Å². The molecule has 0 aromatic heterocycles. The summed E-state index contributed by atoms with van der Waals surface area (Å²) >= 11 is 0. The Bertz CT molecular complexity index is 564. The van der Waals surface area contributed by atoms with E-state index in [-0.39, 0.29) is 24.2 Å². The van der Waals surface area contributed by atoms with Crippen LogP contribution < -0.4 is 0 Å². The van der Waals surface area contributed by atoms with E-state index >= 15 is 0 Å². The number of rotatable bonds is 4. The van der Waals surface area contributed by atoms with Gasteiger partial charge in [-0.05, 0) is 31.5 Å². The summed E-state index contributed by atoms with van der Waals surface area (Å²) in [7, 11) is 0. The maximum Gasteiger partial charge on any atom is 0.184 e. The van der Waals surface area contributed by atoms with E-state index in [1.54, 1.807) is 0 Å². The zero-order valence-electron chi connectivity index (χ0n) is 11.9. The van der Waals surface area contributed by atoms with Gasteiger partial charge in [-0.3, -0.25) is 9.69 Å². The molecule has 1 atom stereocenters. The summed E-state index contributed by atoms with van der Waals surface area (Å²) in [6, 6.07) is 19.6. The summed E-state index contributed by atoms with van der Waals surface area (Å²) < 4.78 is 0. The smallest absolute Gasteiger partial charge is 0.184 e. The molecular weight excluding hydrogens is 282 g/mol. The topological polar surface area (TPSA) is 20.3 Å². The fraction of sp³-hybridized carbons (Fsp3) is 0.278. The van der Waals surface area contributed by atoms with Gasteiger partial charge in [-0.15, -0.1) is 12.4 Å². The highest BCUT2D eigenvalue weighted by atomic mass is 35.5. The molecule has 2 aromatic carbocycles. The summed E-state index contributed by atoms with van der Waals surface area (Å²) in [5, 5.41) is 0. The molecule has 1 aliphatic heterocycles. The Balaban J connectivity index is 0.00000161. The SMILES string of the molecule is Cl.O=C(c1ccccc1)C(c1ccccc1)N1CCCC1. The predicted octanol–water partition coefficient (Wildman–Crippen LogP) is 4.13. The minimum Gasteiger partial charge on any atom is -0.292 e. The second kappa shape index (κ2) is 7.39. The molecule has 2 aromatic rings. The Morgan fingerprint density at radius 3 is 1.95 bits per heavy atom. The number of ketones is 1. The molecule has 1 unspecified atom stereocenters. The number of benzene rings is 2. The molecule has 3 heteroatoms. The quantitative estimate of drug-likeness (QED) is 0.792. The highest BCUT2D eigenvalue weighted by molar-refractivity contribution is 6.00. The molecule has 21 heavy (non-hydrogen) atoms.